The second kappa shape index (κ2) is 13.1. The normalized spacial score (nSPS) is 16.5. The van der Waals surface area contributed by atoms with Crippen molar-refractivity contribution in [3.63, 3.8) is 0 Å². The molecule has 1 aromatic carbocycles. The van der Waals surface area contributed by atoms with Gasteiger partial charge in [-0.1, -0.05) is 25.1 Å². The number of benzene rings is 1. The molecule has 2 rings (SSSR count). The third-order valence-electron chi connectivity index (χ3n) is 5.45. The minimum atomic E-state index is -1.41. The molecule has 1 heterocycles. The average molecular weight is 527 g/mol. The van der Waals surface area contributed by atoms with Crippen LogP contribution in [0.3, 0.4) is 0 Å². The molecule has 4 amide bonds. The predicted molar refractivity (Wildman–Crippen MR) is 130 cm³/mol. The molecule has 0 saturated carbocycles. The molecule has 3 unspecified atom stereocenters. The Hall–Kier alpha value is -3.34. The first-order valence-electron chi connectivity index (χ1n) is 11.5. The third kappa shape index (κ3) is 7.84. The lowest BCUT2D eigenvalue weighted by atomic mass is 9.95. The van der Waals surface area contributed by atoms with Gasteiger partial charge in [0.25, 0.3) is 17.7 Å². The van der Waals surface area contributed by atoms with Gasteiger partial charge in [0.15, 0.2) is 0 Å². The minimum absolute atomic E-state index is 0.161. The highest BCUT2D eigenvalue weighted by atomic mass is 35.5. The van der Waals surface area contributed by atoms with Gasteiger partial charge in [0.2, 0.25) is 11.7 Å². The number of halogens is 3. The Kier molecular flexibility index (Phi) is 10.5. The van der Waals surface area contributed by atoms with E-state index >= 15 is 0 Å². The van der Waals surface area contributed by atoms with Crippen molar-refractivity contribution in [3.05, 3.63) is 40.7 Å². The first-order chi connectivity index (χ1) is 16.9. The second-order valence-corrected chi connectivity index (χ2v) is 8.95. The number of hydrogen-bond acceptors (Lipinski definition) is 5. The number of hydrogen-bond donors (Lipinski definition) is 4. The number of ketones is 1. The van der Waals surface area contributed by atoms with Gasteiger partial charge in [-0.2, -0.15) is 0 Å². The van der Waals surface area contributed by atoms with Gasteiger partial charge in [-0.15, -0.1) is 0 Å². The Morgan fingerprint density at radius 1 is 1.25 bits per heavy atom. The molecule has 4 N–H and O–H groups in total. The van der Waals surface area contributed by atoms with Crippen LogP contribution in [0.2, 0.25) is 5.02 Å². The largest absolute Gasteiger partial charge is 0.356 e. The summed E-state index contributed by atoms with van der Waals surface area (Å²) in [5.74, 6) is -5.85. The van der Waals surface area contributed by atoms with E-state index in [9.17, 15) is 32.8 Å². The summed E-state index contributed by atoms with van der Waals surface area (Å²) in [7, 11) is 0. The topological polar surface area (TPSA) is 133 Å². The van der Waals surface area contributed by atoms with Crippen LogP contribution < -0.4 is 21.3 Å². The molecule has 0 spiro atoms. The predicted octanol–water partition coefficient (Wildman–Crippen LogP) is 2.44. The molecular formula is C24H29ClF2N4O5. The number of amides is 4. The monoisotopic (exact) mass is 526 g/mol. The quantitative estimate of drug-likeness (QED) is 0.245. The standard InChI is InChI=1S/C24H29ClF2N4O5/c1-4-6-28-24(36)20(32)18(9-14-5-7-29-22(14)34)30-23(35)16-10-15(25)11-17(27)19(16)31-21(33)12(2)8-13(3)26/h10-11,13-14,18H,2,4-9H2,1,3H3,(H,28,36)(H,29,34)(H,30,35)(H,31,33). The lowest BCUT2D eigenvalue weighted by Crippen LogP contribution is -2.49. The van der Waals surface area contributed by atoms with Crippen molar-refractivity contribution in [2.24, 2.45) is 5.92 Å². The molecule has 1 aliphatic rings. The molecule has 1 saturated heterocycles. The summed E-state index contributed by atoms with van der Waals surface area (Å²) in [6.45, 7) is 7.09. The lowest BCUT2D eigenvalue weighted by molar-refractivity contribution is -0.139. The number of Topliss-reactive ketones (excluding diaryl/α,β-unsaturated/α-hetero) is 1. The maximum Gasteiger partial charge on any atom is 0.289 e. The van der Waals surface area contributed by atoms with Crippen LogP contribution >= 0.6 is 11.6 Å². The van der Waals surface area contributed by atoms with E-state index in [2.05, 4.69) is 27.8 Å². The van der Waals surface area contributed by atoms with E-state index in [4.69, 9.17) is 11.6 Å². The molecule has 0 aromatic heterocycles. The van der Waals surface area contributed by atoms with Gasteiger partial charge < -0.3 is 21.3 Å². The zero-order chi connectivity index (χ0) is 27.0. The summed E-state index contributed by atoms with van der Waals surface area (Å²) in [6.07, 6.45) is -0.878. The van der Waals surface area contributed by atoms with Gasteiger partial charge in [0.1, 0.15) is 12.0 Å². The zero-order valence-corrected chi connectivity index (χ0v) is 20.8. The SMILES string of the molecule is C=C(CC(C)F)C(=O)Nc1c(F)cc(Cl)cc1C(=O)NC(CC1CCNC1=O)C(=O)C(=O)NCCC. The summed E-state index contributed by atoms with van der Waals surface area (Å²) in [4.78, 5) is 62.7. The van der Waals surface area contributed by atoms with Crippen molar-refractivity contribution in [1.82, 2.24) is 16.0 Å². The molecule has 0 bridgehead atoms. The van der Waals surface area contributed by atoms with Crippen LogP contribution in [0.25, 0.3) is 0 Å². The van der Waals surface area contributed by atoms with Gasteiger partial charge in [0, 0.05) is 36.0 Å². The van der Waals surface area contributed by atoms with E-state index in [1.165, 1.54) is 6.92 Å². The van der Waals surface area contributed by atoms with Gasteiger partial charge in [-0.25, -0.2) is 8.78 Å². The van der Waals surface area contributed by atoms with Gasteiger partial charge in [-0.3, -0.25) is 24.0 Å². The Morgan fingerprint density at radius 3 is 2.53 bits per heavy atom. The van der Waals surface area contributed by atoms with Gasteiger partial charge in [-0.05, 0) is 38.3 Å². The molecule has 196 valence electrons. The van der Waals surface area contributed by atoms with Crippen LogP contribution in [-0.4, -0.2) is 54.7 Å². The van der Waals surface area contributed by atoms with Gasteiger partial charge >= 0.3 is 0 Å². The third-order valence-corrected chi connectivity index (χ3v) is 5.67. The van der Waals surface area contributed by atoms with E-state index in [0.717, 1.165) is 12.1 Å². The van der Waals surface area contributed by atoms with Gasteiger partial charge in [0.05, 0.1) is 17.3 Å². The molecule has 1 aliphatic heterocycles. The van der Waals surface area contributed by atoms with E-state index in [0.29, 0.717) is 19.4 Å². The number of carbonyl (C=O) groups is 5. The van der Waals surface area contributed by atoms with E-state index in [1.807, 2.05) is 0 Å². The number of carbonyl (C=O) groups excluding carboxylic acids is 5. The Balaban J connectivity index is 2.34. The second-order valence-electron chi connectivity index (χ2n) is 8.51. The zero-order valence-electron chi connectivity index (χ0n) is 20.0. The molecular weight excluding hydrogens is 498 g/mol. The Morgan fingerprint density at radius 2 is 1.94 bits per heavy atom. The number of alkyl halides is 1. The van der Waals surface area contributed by atoms with Crippen molar-refractivity contribution in [1.29, 1.82) is 0 Å². The fourth-order valence-electron chi connectivity index (χ4n) is 3.62. The molecule has 3 atom stereocenters. The molecule has 1 aromatic rings. The first-order valence-corrected chi connectivity index (χ1v) is 11.8. The van der Waals surface area contributed by atoms with E-state index < -0.39 is 58.7 Å². The highest BCUT2D eigenvalue weighted by Gasteiger charge is 2.34. The lowest BCUT2D eigenvalue weighted by Gasteiger charge is -2.21. The summed E-state index contributed by atoms with van der Waals surface area (Å²) < 4.78 is 28.0. The molecule has 12 heteroatoms. The van der Waals surface area contributed by atoms with Crippen molar-refractivity contribution >= 4 is 46.7 Å². The first kappa shape index (κ1) is 28.9. The molecule has 1 fully saturated rings. The molecule has 36 heavy (non-hydrogen) atoms. The van der Waals surface area contributed by atoms with Crippen LogP contribution in [-0.2, 0) is 19.2 Å². The van der Waals surface area contributed by atoms with Crippen LogP contribution in [0.5, 0.6) is 0 Å². The van der Waals surface area contributed by atoms with E-state index in [-0.39, 0.29) is 35.9 Å². The maximum atomic E-state index is 14.7. The highest BCUT2D eigenvalue weighted by Crippen LogP contribution is 2.26. The van der Waals surface area contributed by atoms with Crippen molar-refractivity contribution < 1.29 is 32.8 Å². The van der Waals surface area contributed by atoms with Crippen LogP contribution in [0, 0.1) is 11.7 Å². The van der Waals surface area contributed by atoms with Crippen LogP contribution in [0.1, 0.15) is 49.9 Å². The number of anilines is 1. The van der Waals surface area contributed by atoms with E-state index in [1.54, 1.807) is 6.92 Å². The highest BCUT2D eigenvalue weighted by molar-refractivity contribution is 6.38. The summed E-state index contributed by atoms with van der Waals surface area (Å²) in [6, 6.07) is 0.520. The smallest absolute Gasteiger partial charge is 0.289 e. The summed E-state index contributed by atoms with van der Waals surface area (Å²) in [5.41, 5.74) is -1.18. The number of rotatable bonds is 12. The van der Waals surface area contributed by atoms with Crippen molar-refractivity contribution in [2.75, 3.05) is 18.4 Å². The van der Waals surface area contributed by atoms with Crippen molar-refractivity contribution in [2.45, 2.75) is 51.7 Å². The van der Waals surface area contributed by atoms with Crippen molar-refractivity contribution in [3.8, 4) is 0 Å². The molecule has 0 aliphatic carbocycles. The number of nitrogens with one attached hydrogen (secondary N) is 4. The Labute approximate surface area is 212 Å². The fourth-order valence-corrected chi connectivity index (χ4v) is 3.82. The molecule has 0 radical (unpaired) electrons. The van der Waals surface area contributed by atoms with Crippen LogP contribution in [0.15, 0.2) is 24.3 Å². The average Bonchev–Trinajstić information content (AvgIpc) is 3.21. The fraction of sp³-hybridized carbons (Fsp3) is 0.458. The maximum absolute atomic E-state index is 14.7. The Bertz CT molecular complexity index is 1060. The summed E-state index contributed by atoms with van der Waals surface area (Å²) in [5, 5.41) is 9.45. The van der Waals surface area contributed by atoms with Crippen LogP contribution in [0.4, 0.5) is 14.5 Å². The molecule has 9 nitrogen and oxygen atoms in total. The summed E-state index contributed by atoms with van der Waals surface area (Å²) >= 11 is 5.91. The minimum Gasteiger partial charge on any atom is -0.356 e.